The number of thiophene rings is 1. The maximum absolute atomic E-state index is 15.4. The van der Waals surface area contributed by atoms with Crippen molar-refractivity contribution in [2.24, 2.45) is 11.8 Å². The fourth-order valence-corrected chi connectivity index (χ4v) is 6.17. The molecule has 11 nitrogen and oxygen atoms in total. The van der Waals surface area contributed by atoms with E-state index in [9.17, 15) is 19.2 Å². The van der Waals surface area contributed by atoms with Gasteiger partial charge in [0.05, 0.1) is 44.6 Å². The SMILES string of the molecule is COc1cc2sc(C(=O)[C@H]3C[C@@H]3C(=O)O)cc2cc1OCCCOc1c(OC)cc2c(c1F)CN(C(=O)CCC(=O)O)C2. The molecule has 0 bridgehead atoms. The van der Waals surface area contributed by atoms with Crippen LogP contribution in [0, 0.1) is 17.7 Å². The van der Waals surface area contributed by atoms with Crippen LogP contribution in [0.3, 0.4) is 0 Å². The normalized spacial score (nSPS) is 17.0. The van der Waals surface area contributed by atoms with Crippen molar-refractivity contribution in [1.82, 2.24) is 4.90 Å². The van der Waals surface area contributed by atoms with Crippen LogP contribution in [0.5, 0.6) is 23.0 Å². The lowest BCUT2D eigenvalue weighted by Gasteiger charge is -2.15. The fourth-order valence-electron chi connectivity index (χ4n) is 5.09. The van der Waals surface area contributed by atoms with Crippen LogP contribution < -0.4 is 18.9 Å². The van der Waals surface area contributed by atoms with Gasteiger partial charge in [-0.3, -0.25) is 19.2 Å². The van der Waals surface area contributed by atoms with Gasteiger partial charge in [0.25, 0.3) is 0 Å². The topological polar surface area (TPSA) is 149 Å². The van der Waals surface area contributed by atoms with E-state index < -0.39 is 29.6 Å². The molecule has 1 fully saturated rings. The second kappa shape index (κ2) is 12.5. The molecule has 3 aromatic rings. The lowest BCUT2D eigenvalue weighted by atomic mass is 10.1. The van der Waals surface area contributed by atoms with Gasteiger partial charge < -0.3 is 34.1 Å². The standard InChI is InChI=1S/C30H30FNO10S/c1-39-20-12-23-15(10-24(43-23)28(36)17-11-18(17)30(37)38)8-21(20)41-6-3-7-42-29-22(40-2)9-16-13-32(14-19(16)27(29)31)25(33)4-5-26(34)35/h8-10,12,17-18H,3-7,11,13-14H2,1-2H3,(H,34,35)(H,37,38)/t17-,18-/m0/s1. The summed E-state index contributed by atoms with van der Waals surface area (Å²) in [6, 6.07) is 6.89. The van der Waals surface area contributed by atoms with Crippen molar-refractivity contribution >= 4 is 45.1 Å². The second-order valence-electron chi connectivity index (χ2n) is 10.4. The van der Waals surface area contributed by atoms with Gasteiger partial charge in [-0.15, -0.1) is 11.3 Å². The van der Waals surface area contributed by atoms with Crippen LogP contribution in [-0.2, 0) is 27.5 Å². The second-order valence-corrected chi connectivity index (χ2v) is 11.4. The smallest absolute Gasteiger partial charge is 0.307 e. The predicted octanol–water partition coefficient (Wildman–Crippen LogP) is 4.52. The highest BCUT2D eigenvalue weighted by molar-refractivity contribution is 7.20. The number of carbonyl (C=O) groups is 4. The molecule has 1 amide bonds. The average molecular weight is 616 g/mol. The van der Waals surface area contributed by atoms with Crippen LogP contribution in [0.4, 0.5) is 4.39 Å². The highest BCUT2D eigenvalue weighted by Gasteiger charge is 2.48. The van der Waals surface area contributed by atoms with Crippen LogP contribution in [0.2, 0.25) is 0 Å². The Labute approximate surface area is 249 Å². The van der Waals surface area contributed by atoms with Crippen LogP contribution in [0.15, 0.2) is 24.3 Å². The molecule has 2 aliphatic rings. The minimum Gasteiger partial charge on any atom is -0.493 e. The number of hydrogen-bond acceptors (Lipinski definition) is 9. The first-order valence-corrected chi connectivity index (χ1v) is 14.4. The van der Waals surface area contributed by atoms with Gasteiger partial charge in [0.15, 0.2) is 34.6 Å². The summed E-state index contributed by atoms with van der Waals surface area (Å²) in [4.78, 5) is 48.9. The van der Waals surface area contributed by atoms with Gasteiger partial charge in [-0.1, -0.05) is 0 Å². The summed E-state index contributed by atoms with van der Waals surface area (Å²) in [7, 11) is 2.89. The molecular weight excluding hydrogens is 585 g/mol. The van der Waals surface area contributed by atoms with Gasteiger partial charge in [0, 0.05) is 48.2 Å². The van der Waals surface area contributed by atoms with Crippen molar-refractivity contribution in [1.29, 1.82) is 0 Å². The number of benzene rings is 2. The van der Waals surface area contributed by atoms with E-state index in [0.29, 0.717) is 40.3 Å². The number of methoxy groups -OCH3 is 2. The Hall–Kier alpha value is -4.39. The summed E-state index contributed by atoms with van der Waals surface area (Å²) < 4.78 is 38.7. The van der Waals surface area contributed by atoms with Crippen LogP contribution >= 0.6 is 11.3 Å². The molecule has 2 N–H and O–H groups in total. The Bertz CT molecular complexity index is 1600. The van der Waals surface area contributed by atoms with Crippen molar-refractivity contribution in [2.75, 3.05) is 27.4 Å². The summed E-state index contributed by atoms with van der Waals surface area (Å²) in [6.07, 6.45) is 0.280. The molecular formula is C30H30FNO10S. The quantitative estimate of drug-likeness (QED) is 0.196. The number of carbonyl (C=O) groups excluding carboxylic acids is 2. The molecule has 2 aromatic carbocycles. The minimum absolute atomic E-state index is 0.0159. The van der Waals surface area contributed by atoms with E-state index in [4.69, 9.17) is 29.2 Å². The number of ether oxygens (including phenoxy) is 4. The van der Waals surface area contributed by atoms with Gasteiger partial charge >= 0.3 is 11.9 Å². The van der Waals surface area contributed by atoms with Crippen LogP contribution in [0.25, 0.3) is 10.1 Å². The molecule has 43 heavy (non-hydrogen) atoms. The average Bonchev–Trinajstić information content (AvgIpc) is 3.51. The predicted molar refractivity (Wildman–Crippen MR) is 152 cm³/mol. The number of ketones is 1. The van der Waals surface area contributed by atoms with Gasteiger partial charge in [-0.2, -0.15) is 0 Å². The van der Waals surface area contributed by atoms with Crippen LogP contribution in [0.1, 0.15) is 46.5 Å². The number of halogens is 1. The molecule has 1 aromatic heterocycles. The van der Waals surface area contributed by atoms with E-state index in [0.717, 1.165) is 10.1 Å². The Balaban J connectivity index is 1.19. The molecule has 0 spiro atoms. The van der Waals surface area contributed by atoms with Gasteiger partial charge in [0.2, 0.25) is 5.91 Å². The molecule has 228 valence electrons. The third-order valence-electron chi connectivity index (χ3n) is 7.50. The molecule has 1 aliphatic heterocycles. The number of nitrogens with zero attached hydrogens (tertiary/aromatic N) is 1. The minimum atomic E-state index is -1.07. The summed E-state index contributed by atoms with van der Waals surface area (Å²) in [6.45, 7) is 0.481. The van der Waals surface area contributed by atoms with Crippen molar-refractivity contribution in [3.05, 3.63) is 46.1 Å². The summed E-state index contributed by atoms with van der Waals surface area (Å²) in [5.41, 5.74) is 0.885. The Kier molecular flexibility index (Phi) is 8.71. The molecule has 0 radical (unpaired) electrons. The zero-order valence-electron chi connectivity index (χ0n) is 23.5. The summed E-state index contributed by atoms with van der Waals surface area (Å²) in [5, 5.41) is 18.7. The molecule has 0 unspecified atom stereocenters. The van der Waals surface area contributed by atoms with Crippen molar-refractivity contribution in [3.8, 4) is 23.0 Å². The van der Waals surface area contributed by atoms with E-state index >= 15 is 4.39 Å². The summed E-state index contributed by atoms with van der Waals surface area (Å²) >= 11 is 1.28. The van der Waals surface area contributed by atoms with E-state index in [-0.39, 0.29) is 62.3 Å². The monoisotopic (exact) mass is 615 g/mol. The molecule has 2 atom stereocenters. The maximum atomic E-state index is 15.4. The van der Waals surface area contributed by atoms with Crippen molar-refractivity contribution in [3.63, 3.8) is 0 Å². The number of Topliss-reactive ketones (excluding diaryl/α,β-unsaturated/α-hetero) is 1. The maximum Gasteiger partial charge on any atom is 0.307 e. The Morgan fingerprint density at radius 2 is 1.67 bits per heavy atom. The van der Waals surface area contributed by atoms with Gasteiger partial charge in [-0.25, -0.2) is 4.39 Å². The molecule has 5 rings (SSSR count). The number of fused-ring (bicyclic) bond motifs is 2. The molecule has 1 aliphatic carbocycles. The number of carboxylic acid groups (broad SMARTS) is 2. The Morgan fingerprint density at radius 1 is 0.930 bits per heavy atom. The third-order valence-corrected chi connectivity index (χ3v) is 8.61. The molecule has 1 saturated carbocycles. The van der Waals surface area contributed by atoms with Gasteiger partial charge in [0.1, 0.15) is 0 Å². The van der Waals surface area contributed by atoms with Crippen LogP contribution in [-0.4, -0.2) is 66.2 Å². The lowest BCUT2D eigenvalue weighted by molar-refractivity contribution is -0.141. The van der Waals surface area contributed by atoms with E-state index in [1.165, 1.54) is 30.5 Å². The number of carboxylic acids is 2. The van der Waals surface area contributed by atoms with Crippen molar-refractivity contribution in [2.45, 2.75) is 38.8 Å². The number of amides is 1. The van der Waals surface area contributed by atoms with Gasteiger partial charge in [-0.05, 0) is 35.6 Å². The highest BCUT2D eigenvalue weighted by Crippen LogP contribution is 2.44. The summed E-state index contributed by atoms with van der Waals surface area (Å²) in [5.74, 6) is -3.25. The fraction of sp³-hybridized carbons (Fsp3) is 0.400. The Morgan fingerprint density at radius 3 is 2.35 bits per heavy atom. The number of aliphatic carboxylic acids is 2. The van der Waals surface area contributed by atoms with E-state index in [1.54, 1.807) is 24.3 Å². The first kappa shape index (κ1) is 30.1. The largest absolute Gasteiger partial charge is 0.493 e. The van der Waals surface area contributed by atoms with Crippen molar-refractivity contribution < 1.29 is 52.7 Å². The van der Waals surface area contributed by atoms with E-state index in [2.05, 4.69) is 0 Å². The zero-order valence-corrected chi connectivity index (χ0v) is 24.3. The molecule has 13 heteroatoms. The number of rotatable bonds is 14. The van der Waals surface area contributed by atoms with E-state index in [1.807, 2.05) is 0 Å². The molecule has 2 heterocycles. The number of hydrogen-bond donors (Lipinski definition) is 2. The first-order chi connectivity index (χ1) is 20.6. The highest BCUT2D eigenvalue weighted by atomic mass is 32.1. The first-order valence-electron chi connectivity index (χ1n) is 13.6. The lowest BCUT2D eigenvalue weighted by Crippen LogP contribution is -2.25. The zero-order chi connectivity index (χ0) is 30.8. The molecule has 0 saturated heterocycles. The third kappa shape index (κ3) is 6.36.